The zero-order valence-corrected chi connectivity index (χ0v) is 12.3. The molecule has 1 aliphatic heterocycles. The molecule has 0 amide bonds. The third-order valence-corrected chi connectivity index (χ3v) is 3.84. The average molecular weight is 283 g/mol. The first-order valence-corrected chi connectivity index (χ1v) is 7.40. The molecule has 0 spiro atoms. The number of rotatable bonds is 3. The second-order valence-corrected chi connectivity index (χ2v) is 5.46. The number of hydrazine groups is 1. The van der Waals surface area contributed by atoms with Crippen molar-refractivity contribution in [3.05, 3.63) is 47.4 Å². The maximum Gasteiger partial charge on any atom is 0.150 e. The van der Waals surface area contributed by atoms with Gasteiger partial charge in [0.1, 0.15) is 11.6 Å². The number of fused-ring (bicyclic) bond motifs is 1. The number of nitrogens with one attached hydrogen (secondary N) is 1. The summed E-state index contributed by atoms with van der Waals surface area (Å²) in [6, 6.07) is 10.5. The number of para-hydroxylation sites is 1. The van der Waals surface area contributed by atoms with Gasteiger partial charge in [-0.15, -0.1) is 0 Å². The van der Waals surface area contributed by atoms with Crippen LogP contribution in [0.1, 0.15) is 29.9 Å². The summed E-state index contributed by atoms with van der Waals surface area (Å²) in [5, 5.41) is 0. The van der Waals surface area contributed by atoms with Crippen molar-refractivity contribution in [3.63, 3.8) is 0 Å². The van der Waals surface area contributed by atoms with E-state index in [0.29, 0.717) is 12.4 Å². The predicted octanol–water partition coefficient (Wildman–Crippen LogP) is 2.41. The van der Waals surface area contributed by atoms with Gasteiger partial charge in [0.25, 0.3) is 0 Å². The van der Waals surface area contributed by atoms with Crippen LogP contribution in [-0.2, 0) is 13.0 Å². The Morgan fingerprint density at radius 3 is 2.95 bits per heavy atom. The van der Waals surface area contributed by atoms with E-state index in [1.165, 1.54) is 24.1 Å². The van der Waals surface area contributed by atoms with Crippen molar-refractivity contribution in [1.29, 1.82) is 0 Å². The molecule has 0 radical (unpaired) electrons. The summed E-state index contributed by atoms with van der Waals surface area (Å²) in [4.78, 5) is 11.4. The number of aromatic nitrogens is 2. The Morgan fingerprint density at radius 1 is 1.24 bits per heavy atom. The van der Waals surface area contributed by atoms with E-state index >= 15 is 0 Å². The van der Waals surface area contributed by atoms with E-state index in [0.717, 1.165) is 24.5 Å². The second kappa shape index (κ2) is 6.10. The van der Waals surface area contributed by atoms with Gasteiger partial charge in [0.15, 0.2) is 0 Å². The fraction of sp³-hybridized carbons (Fsp3) is 0.375. The van der Waals surface area contributed by atoms with Gasteiger partial charge in [0, 0.05) is 24.0 Å². The van der Waals surface area contributed by atoms with Crippen molar-refractivity contribution in [3.8, 4) is 0 Å². The third kappa shape index (κ3) is 3.13. The van der Waals surface area contributed by atoms with E-state index in [4.69, 9.17) is 5.84 Å². The van der Waals surface area contributed by atoms with Gasteiger partial charge in [0.2, 0.25) is 0 Å². The van der Waals surface area contributed by atoms with Crippen molar-refractivity contribution in [1.82, 2.24) is 9.97 Å². The van der Waals surface area contributed by atoms with Crippen LogP contribution in [0.25, 0.3) is 0 Å². The van der Waals surface area contributed by atoms with Crippen molar-refractivity contribution in [2.75, 3.05) is 16.9 Å². The minimum atomic E-state index is 0.667. The highest BCUT2D eigenvalue weighted by Gasteiger charge is 2.16. The fourth-order valence-electron chi connectivity index (χ4n) is 2.88. The Labute approximate surface area is 125 Å². The fourth-order valence-corrected chi connectivity index (χ4v) is 2.88. The van der Waals surface area contributed by atoms with E-state index in [2.05, 4.69) is 44.6 Å². The Hall–Kier alpha value is -2.14. The van der Waals surface area contributed by atoms with Crippen LogP contribution in [0, 0.1) is 6.92 Å². The zero-order valence-electron chi connectivity index (χ0n) is 12.3. The van der Waals surface area contributed by atoms with Crippen LogP contribution in [0.4, 0.5) is 11.5 Å². The van der Waals surface area contributed by atoms with E-state index in [9.17, 15) is 0 Å². The normalized spacial score (nSPS) is 14.5. The first-order valence-electron chi connectivity index (χ1n) is 7.40. The molecule has 0 saturated heterocycles. The van der Waals surface area contributed by atoms with E-state index in [1.807, 2.05) is 13.0 Å². The first-order chi connectivity index (χ1) is 10.3. The van der Waals surface area contributed by atoms with Crippen LogP contribution in [0.2, 0.25) is 0 Å². The lowest BCUT2D eigenvalue weighted by Crippen LogP contribution is -2.25. The quantitative estimate of drug-likeness (QED) is 0.669. The first kappa shape index (κ1) is 13.8. The molecular formula is C16H21N5. The Morgan fingerprint density at radius 2 is 2.10 bits per heavy atom. The molecule has 21 heavy (non-hydrogen) atoms. The second-order valence-electron chi connectivity index (χ2n) is 5.46. The topological polar surface area (TPSA) is 67.1 Å². The SMILES string of the molecule is Cc1cc(NN)nc(CN2CCCCc3ccccc32)n1. The van der Waals surface area contributed by atoms with Gasteiger partial charge < -0.3 is 10.3 Å². The van der Waals surface area contributed by atoms with E-state index < -0.39 is 0 Å². The minimum Gasteiger partial charge on any atom is -0.364 e. The molecule has 0 atom stereocenters. The Balaban J connectivity index is 1.89. The summed E-state index contributed by atoms with van der Waals surface area (Å²) in [7, 11) is 0. The molecule has 110 valence electrons. The van der Waals surface area contributed by atoms with Gasteiger partial charge in [-0.2, -0.15) is 0 Å². The maximum atomic E-state index is 5.47. The van der Waals surface area contributed by atoms with Crippen molar-refractivity contribution in [2.45, 2.75) is 32.7 Å². The minimum absolute atomic E-state index is 0.667. The van der Waals surface area contributed by atoms with Crippen LogP contribution in [0.3, 0.4) is 0 Å². The molecule has 3 N–H and O–H groups in total. The molecule has 0 fully saturated rings. The molecule has 5 nitrogen and oxygen atoms in total. The van der Waals surface area contributed by atoms with Crippen molar-refractivity contribution in [2.24, 2.45) is 5.84 Å². The largest absolute Gasteiger partial charge is 0.364 e. The average Bonchev–Trinajstić information content (AvgIpc) is 2.69. The van der Waals surface area contributed by atoms with Crippen LogP contribution in [0.5, 0.6) is 0 Å². The molecule has 3 rings (SSSR count). The smallest absolute Gasteiger partial charge is 0.150 e. The lowest BCUT2D eigenvalue weighted by Gasteiger charge is -2.24. The summed E-state index contributed by atoms with van der Waals surface area (Å²) in [5.74, 6) is 6.94. The molecule has 1 aromatic carbocycles. The standard InChI is InChI=1S/C16H21N5/c1-12-10-15(20-17)19-16(18-12)11-21-9-5-4-7-13-6-2-3-8-14(13)21/h2-3,6,8,10H,4-5,7,9,11,17H2,1H3,(H,18,19,20). The van der Waals surface area contributed by atoms with Gasteiger partial charge in [0.05, 0.1) is 6.54 Å². The monoisotopic (exact) mass is 283 g/mol. The highest BCUT2D eigenvalue weighted by Crippen LogP contribution is 2.27. The van der Waals surface area contributed by atoms with Crippen LogP contribution >= 0.6 is 0 Å². The number of nitrogen functional groups attached to an aromatic ring is 1. The molecule has 1 aliphatic rings. The van der Waals surface area contributed by atoms with Crippen LogP contribution in [-0.4, -0.2) is 16.5 Å². The maximum absolute atomic E-state index is 5.47. The summed E-state index contributed by atoms with van der Waals surface area (Å²) in [5.41, 5.74) is 6.26. The Kier molecular flexibility index (Phi) is 4.01. The molecule has 0 saturated carbocycles. The molecule has 0 bridgehead atoms. The number of nitrogens with two attached hydrogens (primary N) is 1. The number of hydrogen-bond donors (Lipinski definition) is 2. The van der Waals surface area contributed by atoms with Crippen molar-refractivity contribution >= 4 is 11.5 Å². The van der Waals surface area contributed by atoms with Crippen molar-refractivity contribution < 1.29 is 0 Å². The van der Waals surface area contributed by atoms with Crippen LogP contribution in [0.15, 0.2) is 30.3 Å². The molecule has 5 heteroatoms. The number of aryl methyl sites for hydroxylation is 2. The molecule has 1 aromatic heterocycles. The van der Waals surface area contributed by atoms with Gasteiger partial charge in [-0.1, -0.05) is 18.2 Å². The third-order valence-electron chi connectivity index (χ3n) is 3.84. The zero-order chi connectivity index (χ0) is 14.7. The van der Waals surface area contributed by atoms with Gasteiger partial charge >= 0.3 is 0 Å². The number of anilines is 2. The summed E-state index contributed by atoms with van der Waals surface area (Å²) in [6.45, 7) is 3.72. The highest BCUT2D eigenvalue weighted by molar-refractivity contribution is 5.54. The lowest BCUT2D eigenvalue weighted by atomic mass is 10.1. The van der Waals surface area contributed by atoms with Gasteiger partial charge in [-0.05, 0) is 37.8 Å². The van der Waals surface area contributed by atoms with E-state index in [1.54, 1.807) is 0 Å². The van der Waals surface area contributed by atoms with E-state index in [-0.39, 0.29) is 0 Å². The molecule has 0 unspecified atom stereocenters. The number of benzene rings is 1. The lowest BCUT2D eigenvalue weighted by molar-refractivity contribution is 0.697. The molecule has 2 heterocycles. The van der Waals surface area contributed by atoms with Gasteiger partial charge in [-0.25, -0.2) is 15.8 Å². The summed E-state index contributed by atoms with van der Waals surface area (Å²) < 4.78 is 0. The number of nitrogens with zero attached hydrogens (tertiary/aromatic N) is 3. The number of hydrogen-bond acceptors (Lipinski definition) is 5. The highest BCUT2D eigenvalue weighted by atomic mass is 15.3. The molecule has 0 aliphatic carbocycles. The summed E-state index contributed by atoms with van der Waals surface area (Å²) in [6.07, 6.45) is 3.58. The van der Waals surface area contributed by atoms with Gasteiger partial charge in [-0.3, -0.25) is 0 Å². The predicted molar refractivity (Wildman–Crippen MR) is 85.0 cm³/mol. The molecule has 2 aromatic rings. The Bertz CT molecular complexity index is 626. The van der Waals surface area contributed by atoms with Crippen LogP contribution < -0.4 is 16.2 Å². The summed E-state index contributed by atoms with van der Waals surface area (Å²) >= 11 is 0. The molecular weight excluding hydrogens is 262 g/mol.